The fraction of sp³-hybridized carbons (Fsp3) is 0.462. The molecule has 12 heteroatoms. The molecule has 0 bridgehead atoms. The number of halogens is 1. The van der Waals surface area contributed by atoms with Crippen LogP contribution in [0.4, 0.5) is 5.13 Å². The second-order valence-electron chi connectivity index (χ2n) is 9.52. The molecule has 3 aromatic rings. The molecule has 2 atom stereocenters. The van der Waals surface area contributed by atoms with Crippen molar-refractivity contribution >= 4 is 55.0 Å². The van der Waals surface area contributed by atoms with E-state index in [1.807, 2.05) is 46.1 Å². The van der Waals surface area contributed by atoms with Gasteiger partial charge in [-0.1, -0.05) is 17.4 Å². The number of carbonyl (C=O) groups excluding carboxylic acids is 1. The van der Waals surface area contributed by atoms with Crippen LogP contribution >= 0.6 is 23.7 Å². The Morgan fingerprint density at radius 2 is 1.76 bits per heavy atom. The monoisotopic (exact) mass is 582 g/mol. The van der Waals surface area contributed by atoms with Crippen molar-refractivity contribution in [2.75, 3.05) is 52.3 Å². The van der Waals surface area contributed by atoms with Gasteiger partial charge >= 0.3 is 0 Å². The topological polar surface area (TPSA) is 92.3 Å². The van der Waals surface area contributed by atoms with Gasteiger partial charge < -0.3 is 14.4 Å². The summed E-state index contributed by atoms with van der Waals surface area (Å²) in [7, 11) is 1.89. The Bertz CT molecular complexity index is 1340. The van der Waals surface area contributed by atoms with Gasteiger partial charge in [0.25, 0.3) is 5.91 Å². The third-order valence-electron chi connectivity index (χ3n) is 6.18. The van der Waals surface area contributed by atoms with Crippen molar-refractivity contribution in [1.29, 1.82) is 0 Å². The molecule has 1 aliphatic heterocycles. The minimum atomic E-state index is -3.69. The van der Waals surface area contributed by atoms with Crippen LogP contribution in [0, 0.1) is 0 Å². The second kappa shape index (κ2) is 12.7. The molecule has 1 aromatic heterocycles. The van der Waals surface area contributed by atoms with Crippen molar-refractivity contribution < 1.29 is 22.7 Å². The number of benzene rings is 2. The number of nitrogens with zero attached hydrogens (tertiary/aromatic N) is 4. The number of ether oxygens (including phenoxy) is 2. The van der Waals surface area contributed by atoms with Gasteiger partial charge in [0, 0.05) is 25.2 Å². The number of thiazole rings is 1. The molecule has 1 saturated heterocycles. The molecule has 1 amide bonds. The van der Waals surface area contributed by atoms with E-state index in [-0.39, 0.29) is 35.4 Å². The SMILES string of the molecule is COc1cccc2sc(N(CCCN(C)C)C(=O)c3ccc(S(=O)(=O)N4CC(C)OC(C)C4)cc3)nc12.Cl. The largest absolute Gasteiger partial charge is 0.494 e. The lowest BCUT2D eigenvalue weighted by Gasteiger charge is -2.34. The highest BCUT2D eigenvalue weighted by atomic mass is 35.5. The van der Waals surface area contributed by atoms with Gasteiger partial charge in [-0.15, -0.1) is 12.4 Å². The predicted octanol–water partition coefficient (Wildman–Crippen LogP) is 4.12. The molecule has 0 saturated carbocycles. The molecule has 1 aliphatic rings. The number of hydrogen-bond donors (Lipinski definition) is 0. The number of rotatable bonds is 9. The van der Waals surface area contributed by atoms with Gasteiger partial charge in [-0.25, -0.2) is 13.4 Å². The number of fused-ring (bicyclic) bond motifs is 1. The maximum absolute atomic E-state index is 13.7. The normalized spacial score (nSPS) is 18.4. The first-order valence-corrected chi connectivity index (χ1v) is 14.5. The Labute approximate surface area is 234 Å². The van der Waals surface area contributed by atoms with Gasteiger partial charge in [0.2, 0.25) is 10.0 Å². The van der Waals surface area contributed by atoms with E-state index in [4.69, 9.17) is 14.5 Å². The number of amides is 1. The Kier molecular flexibility index (Phi) is 10.1. The summed E-state index contributed by atoms with van der Waals surface area (Å²) in [6, 6.07) is 11.9. The summed E-state index contributed by atoms with van der Waals surface area (Å²) in [5.41, 5.74) is 1.12. The van der Waals surface area contributed by atoms with Crippen LogP contribution < -0.4 is 9.64 Å². The van der Waals surface area contributed by atoms with Gasteiger partial charge in [0.1, 0.15) is 11.3 Å². The van der Waals surface area contributed by atoms with Crippen LogP contribution in [-0.2, 0) is 14.8 Å². The third-order valence-corrected chi connectivity index (χ3v) is 9.07. The summed E-state index contributed by atoms with van der Waals surface area (Å²) < 4.78 is 40.0. The first-order chi connectivity index (χ1) is 17.6. The first kappa shape index (κ1) is 30.3. The van der Waals surface area contributed by atoms with Gasteiger partial charge in [0.15, 0.2) is 5.13 Å². The summed E-state index contributed by atoms with van der Waals surface area (Å²) in [6.45, 7) is 5.61. The van der Waals surface area contributed by atoms with E-state index in [0.717, 1.165) is 17.7 Å². The summed E-state index contributed by atoms with van der Waals surface area (Å²) in [6.07, 6.45) is 0.399. The molecule has 208 valence electrons. The van der Waals surface area contributed by atoms with E-state index in [1.165, 1.54) is 27.8 Å². The Hall–Kier alpha value is -2.28. The molecule has 0 spiro atoms. The molecular formula is C26H35ClN4O5S2. The van der Waals surface area contributed by atoms with Crippen molar-refractivity contribution in [3.05, 3.63) is 48.0 Å². The number of hydrogen-bond acceptors (Lipinski definition) is 8. The van der Waals surface area contributed by atoms with E-state index in [9.17, 15) is 13.2 Å². The van der Waals surface area contributed by atoms with Crippen LogP contribution in [0.15, 0.2) is 47.4 Å². The van der Waals surface area contributed by atoms with Crippen LogP contribution in [0.25, 0.3) is 10.2 Å². The van der Waals surface area contributed by atoms with E-state index in [0.29, 0.717) is 41.6 Å². The Balaban J connectivity index is 0.00000400. The molecule has 2 heterocycles. The molecule has 2 unspecified atom stereocenters. The number of sulfonamides is 1. The van der Waals surface area contributed by atoms with Gasteiger partial charge in [-0.2, -0.15) is 4.31 Å². The molecule has 0 aliphatic carbocycles. The van der Waals surface area contributed by atoms with Crippen molar-refractivity contribution in [2.24, 2.45) is 0 Å². The van der Waals surface area contributed by atoms with Crippen molar-refractivity contribution in [3.63, 3.8) is 0 Å². The van der Waals surface area contributed by atoms with Crippen LogP contribution in [0.3, 0.4) is 0 Å². The molecule has 9 nitrogen and oxygen atoms in total. The average Bonchev–Trinajstić information content (AvgIpc) is 3.29. The lowest BCUT2D eigenvalue weighted by molar-refractivity contribution is -0.0440. The summed E-state index contributed by atoms with van der Waals surface area (Å²) in [5, 5.41) is 0.580. The van der Waals surface area contributed by atoms with Gasteiger partial charge in [-0.3, -0.25) is 9.69 Å². The maximum Gasteiger partial charge on any atom is 0.260 e. The number of aromatic nitrogens is 1. The zero-order valence-electron chi connectivity index (χ0n) is 22.3. The highest BCUT2D eigenvalue weighted by Gasteiger charge is 2.32. The van der Waals surface area contributed by atoms with Crippen molar-refractivity contribution in [1.82, 2.24) is 14.2 Å². The molecule has 2 aromatic carbocycles. The molecule has 38 heavy (non-hydrogen) atoms. The lowest BCUT2D eigenvalue weighted by Crippen LogP contribution is -2.48. The van der Waals surface area contributed by atoms with E-state index < -0.39 is 10.0 Å². The standard InChI is InChI=1S/C26H34N4O5S2.ClH/c1-18-16-29(17-19(2)35-18)37(32,33)21-12-10-20(11-13-21)25(31)30(15-7-14-28(3)4)26-27-24-22(34-5)8-6-9-23(24)36-26;/h6,8-13,18-19H,7,14-17H2,1-5H3;1H. The fourth-order valence-corrected chi connectivity index (χ4v) is 7.02. The van der Waals surface area contributed by atoms with E-state index >= 15 is 0 Å². The van der Waals surface area contributed by atoms with Gasteiger partial charge in [0.05, 0.1) is 28.9 Å². The maximum atomic E-state index is 13.7. The lowest BCUT2D eigenvalue weighted by atomic mass is 10.2. The summed E-state index contributed by atoms with van der Waals surface area (Å²) >= 11 is 1.43. The number of morpholine rings is 1. The molecule has 4 rings (SSSR count). The molecule has 0 radical (unpaired) electrons. The Morgan fingerprint density at radius 3 is 2.37 bits per heavy atom. The van der Waals surface area contributed by atoms with Crippen LogP contribution in [0.2, 0.25) is 0 Å². The smallest absolute Gasteiger partial charge is 0.260 e. The quantitative estimate of drug-likeness (QED) is 0.375. The van der Waals surface area contributed by atoms with Crippen LogP contribution in [0.5, 0.6) is 5.75 Å². The summed E-state index contributed by atoms with van der Waals surface area (Å²) in [5.74, 6) is 0.427. The van der Waals surface area contributed by atoms with Gasteiger partial charge in [-0.05, 0) is 77.3 Å². The van der Waals surface area contributed by atoms with Crippen molar-refractivity contribution in [3.8, 4) is 5.75 Å². The zero-order chi connectivity index (χ0) is 26.7. The second-order valence-corrected chi connectivity index (χ2v) is 12.5. The highest BCUT2D eigenvalue weighted by molar-refractivity contribution is 7.89. The van der Waals surface area contributed by atoms with Crippen LogP contribution in [-0.4, -0.2) is 88.1 Å². The van der Waals surface area contributed by atoms with Crippen molar-refractivity contribution in [2.45, 2.75) is 37.4 Å². The third kappa shape index (κ3) is 6.64. The summed E-state index contributed by atoms with van der Waals surface area (Å²) in [4.78, 5) is 22.3. The average molecular weight is 583 g/mol. The highest BCUT2D eigenvalue weighted by Crippen LogP contribution is 2.35. The van der Waals surface area contributed by atoms with E-state index in [1.54, 1.807) is 24.1 Å². The number of para-hydroxylation sites is 1. The molecule has 0 N–H and O–H groups in total. The first-order valence-electron chi connectivity index (χ1n) is 12.3. The number of carbonyl (C=O) groups is 1. The van der Waals surface area contributed by atoms with E-state index in [2.05, 4.69) is 4.90 Å². The molecular weight excluding hydrogens is 548 g/mol. The number of anilines is 1. The predicted molar refractivity (Wildman–Crippen MR) is 153 cm³/mol. The minimum Gasteiger partial charge on any atom is -0.494 e. The minimum absolute atomic E-state index is 0. The molecule has 1 fully saturated rings. The Morgan fingerprint density at radius 1 is 1.11 bits per heavy atom. The number of methoxy groups -OCH3 is 1. The van der Waals surface area contributed by atoms with Crippen LogP contribution in [0.1, 0.15) is 30.6 Å². The zero-order valence-corrected chi connectivity index (χ0v) is 24.7. The fourth-order valence-electron chi connectivity index (χ4n) is 4.42.